The van der Waals surface area contributed by atoms with E-state index in [1.165, 1.54) is 0 Å². The van der Waals surface area contributed by atoms with Gasteiger partial charge < -0.3 is 24.8 Å². The lowest BCUT2D eigenvalue weighted by Gasteiger charge is -2.34. The van der Waals surface area contributed by atoms with Crippen molar-refractivity contribution in [2.24, 2.45) is 11.3 Å². The van der Waals surface area contributed by atoms with E-state index in [0.29, 0.717) is 32.1 Å². The van der Waals surface area contributed by atoms with Crippen molar-refractivity contribution in [1.82, 2.24) is 15.1 Å². The Morgan fingerprint density at radius 3 is 2.52 bits per heavy atom. The van der Waals surface area contributed by atoms with E-state index in [-0.39, 0.29) is 35.1 Å². The summed E-state index contributed by atoms with van der Waals surface area (Å²) in [5.41, 5.74) is 1.30. The van der Waals surface area contributed by atoms with Crippen LogP contribution in [0.1, 0.15) is 51.5 Å². The quantitative estimate of drug-likeness (QED) is 0.651. The van der Waals surface area contributed by atoms with E-state index in [9.17, 15) is 14.7 Å². The molecule has 1 aliphatic carbocycles. The van der Waals surface area contributed by atoms with Crippen LogP contribution in [0.25, 0.3) is 0 Å². The highest BCUT2D eigenvalue weighted by Crippen LogP contribution is 2.59. The fourth-order valence-electron chi connectivity index (χ4n) is 5.34. The van der Waals surface area contributed by atoms with Gasteiger partial charge >= 0.3 is 6.09 Å². The van der Waals surface area contributed by atoms with Gasteiger partial charge in [-0.25, -0.2) is 4.79 Å². The van der Waals surface area contributed by atoms with Crippen molar-refractivity contribution in [2.75, 3.05) is 39.4 Å². The molecule has 182 valence electrons. The molecule has 2 aliphatic heterocycles. The molecule has 3 aliphatic rings. The van der Waals surface area contributed by atoms with Gasteiger partial charge in [-0.3, -0.25) is 9.69 Å². The summed E-state index contributed by atoms with van der Waals surface area (Å²) in [4.78, 5) is 28.9. The predicted molar refractivity (Wildman–Crippen MR) is 124 cm³/mol. The zero-order valence-corrected chi connectivity index (χ0v) is 19.8. The summed E-state index contributed by atoms with van der Waals surface area (Å²) in [5, 5.41) is 13.2. The Morgan fingerprint density at radius 2 is 1.85 bits per heavy atom. The zero-order valence-electron chi connectivity index (χ0n) is 19.8. The minimum Gasteiger partial charge on any atom is -0.504 e. The van der Waals surface area contributed by atoms with Gasteiger partial charge in [-0.15, -0.1) is 0 Å². The number of benzene rings is 1. The summed E-state index contributed by atoms with van der Waals surface area (Å²) in [6, 6.07) is 5.71. The molecule has 4 rings (SSSR count). The van der Waals surface area contributed by atoms with Gasteiger partial charge in [0.15, 0.2) is 11.5 Å². The van der Waals surface area contributed by atoms with Crippen molar-refractivity contribution in [2.45, 2.75) is 58.5 Å². The van der Waals surface area contributed by atoms with Gasteiger partial charge in [0.2, 0.25) is 5.91 Å². The van der Waals surface area contributed by atoms with Crippen LogP contribution in [-0.2, 0) is 16.1 Å². The number of carbonyl (C=O) groups excluding carboxylic acids is 2. The van der Waals surface area contributed by atoms with Gasteiger partial charge in [0.25, 0.3) is 0 Å². The maximum absolute atomic E-state index is 12.9. The number of aromatic hydroxyl groups is 1. The van der Waals surface area contributed by atoms with Crippen molar-refractivity contribution in [3.05, 3.63) is 23.8 Å². The molecule has 3 fully saturated rings. The maximum Gasteiger partial charge on any atom is 0.409 e. The molecule has 1 aromatic rings. The molecule has 1 atom stereocenters. The number of likely N-dealkylation sites (tertiary alicyclic amines) is 2. The van der Waals surface area contributed by atoms with E-state index in [4.69, 9.17) is 9.47 Å². The van der Waals surface area contributed by atoms with E-state index in [1.54, 1.807) is 11.0 Å². The van der Waals surface area contributed by atoms with Gasteiger partial charge in [0, 0.05) is 31.6 Å². The smallest absolute Gasteiger partial charge is 0.409 e. The van der Waals surface area contributed by atoms with Crippen LogP contribution in [0.5, 0.6) is 11.5 Å². The number of nitrogens with one attached hydrogen (secondary N) is 1. The van der Waals surface area contributed by atoms with Crippen LogP contribution in [0.2, 0.25) is 0 Å². The van der Waals surface area contributed by atoms with E-state index in [0.717, 1.165) is 57.3 Å². The highest BCUT2D eigenvalue weighted by atomic mass is 16.6. The molecule has 0 radical (unpaired) electrons. The van der Waals surface area contributed by atoms with Crippen LogP contribution >= 0.6 is 0 Å². The van der Waals surface area contributed by atoms with Crippen molar-refractivity contribution in [1.29, 1.82) is 0 Å². The molecule has 8 nitrogen and oxygen atoms in total. The van der Waals surface area contributed by atoms with Gasteiger partial charge in [-0.05, 0) is 82.2 Å². The standard InChI is InChI=1S/C25H37N3O5/c1-3-32-22-15-18(5-6-21(22)29)17-27-13-9-25(10-14-27)16-20(25)23(30)26-19-7-11-28(12-8-19)24(31)33-4-2/h5-6,15,19-20,29H,3-4,7-14,16-17H2,1-2H3,(H,26,30)/t20-/m0/s1. The average Bonchev–Trinajstić information content (AvgIpc) is 3.52. The summed E-state index contributed by atoms with van der Waals surface area (Å²) >= 11 is 0. The van der Waals surface area contributed by atoms with Crippen molar-refractivity contribution in [3.63, 3.8) is 0 Å². The van der Waals surface area contributed by atoms with Crippen molar-refractivity contribution < 1.29 is 24.2 Å². The molecule has 2 N–H and O–H groups in total. The predicted octanol–water partition coefficient (Wildman–Crippen LogP) is 3.13. The minimum atomic E-state index is -0.253. The molecule has 0 aromatic heterocycles. The molecule has 0 bridgehead atoms. The van der Waals surface area contributed by atoms with Crippen molar-refractivity contribution >= 4 is 12.0 Å². The number of piperidine rings is 2. The van der Waals surface area contributed by atoms with E-state index < -0.39 is 0 Å². The van der Waals surface area contributed by atoms with Gasteiger partial charge in [0.1, 0.15) is 0 Å². The second-order valence-electron chi connectivity index (χ2n) is 9.60. The third-order valence-corrected chi connectivity index (χ3v) is 7.46. The molecule has 1 saturated carbocycles. The highest BCUT2D eigenvalue weighted by molar-refractivity contribution is 5.83. The third-order valence-electron chi connectivity index (χ3n) is 7.46. The first-order valence-electron chi connectivity index (χ1n) is 12.3. The Kier molecular flexibility index (Phi) is 7.32. The number of nitrogens with zero attached hydrogens (tertiary/aromatic N) is 2. The molecule has 2 saturated heterocycles. The maximum atomic E-state index is 12.9. The van der Waals surface area contributed by atoms with E-state index in [2.05, 4.69) is 10.2 Å². The SMILES string of the molecule is CCOC(=O)N1CCC(NC(=O)[C@@H]2CC23CCN(Cc2ccc(O)c(OCC)c2)CC3)CC1. The Bertz CT molecular complexity index is 844. The van der Waals surface area contributed by atoms with Crippen LogP contribution < -0.4 is 10.1 Å². The molecule has 1 spiro atoms. The monoisotopic (exact) mass is 459 g/mol. The fourth-order valence-corrected chi connectivity index (χ4v) is 5.34. The number of phenolic OH excluding ortho intramolecular Hbond substituents is 1. The van der Waals surface area contributed by atoms with Gasteiger partial charge in [-0.1, -0.05) is 6.07 Å². The summed E-state index contributed by atoms with van der Waals surface area (Å²) in [7, 11) is 0. The Balaban J connectivity index is 1.20. The van der Waals surface area contributed by atoms with Crippen LogP contribution in [0.15, 0.2) is 18.2 Å². The van der Waals surface area contributed by atoms with Crippen molar-refractivity contribution in [3.8, 4) is 11.5 Å². The summed E-state index contributed by atoms with van der Waals surface area (Å²) in [6.07, 6.45) is 4.40. The molecule has 0 unspecified atom stereocenters. The highest BCUT2D eigenvalue weighted by Gasteiger charge is 2.58. The number of hydrogen-bond donors (Lipinski definition) is 2. The molecule has 2 heterocycles. The number of phenols is 1. The second kappa shape index (κ2) is 10.2. The van der Waals surface area contributed by atoms with Gasteiger partial charge in [-0.2, -0.15) is 0 Å². The Labute approximate surface area is 196 Å². The number of carbonyl (C=O) groups is 2. The van der Waals surface area contributed by atoms with Crippen LogP contribution in [0.4, 0.5) is 4.79 Å². The number of amides is 2. The number of hydrogen-bond acceptors (Lipinski definition) is 6. The fraction of sp³-hybridized carbons (Fsp3) is 0.680. The van der Waals surface area contributed by atoms with Gasteiger partial charge in [0.05, 0.1) is 13.2 Å². The summed E-state index contributed by atoms with van der Waals surface area (Å²) < 4.78 is 10.6. The number of ether oxygens (including phenoxy) is 2. The minimum absolute atomic E-state index is 0.126. The van der Waals surface area contributed by atoms with Crippen LogP contribution in [-0.4, -0.2) is 72.3 Å². The molecule has 33 heavy (non-hydrogen) atoms. The molecule has 8 heteroatoms. The normalized spacial score (nSPS) is 22.7. The third kappa shape index (κ3) is 5.54. The lowest BCUT2D eigenvalue weighted by molar-refractivity contribution is -0.124. The molecular weight excluding hydrogens is 422 g/mol. The summed E-state index contributed by atoms with van der Waals surface area (Å²) in [6.45, 7) is 8.69. The Hall–Kier alpha value is -2.48. The zero-order chi connectivity index (χ0) is 23.4. The molecular formula is C25H37N3O5. The summed E-state index contributed by atoms with van der Waals surface area (Å²) in [5.74, 6) is 1.03. The first-order valence-corrected chi connectivity index (χ1v) is 12.3. The van der Waals surface area contributed by atoms with E-state index in [1.807, 2.05) is 26.0 Å². The lowest BCUT2D eigenvalue weighted by Crippen LogP contribution is -2.47. The van der Waals surface area contributed by atoms with Crippen LogP contribution in [0, 0.1) is 11.3 Å². The Morgan fingerprint density at radius 1 is 1.12 bits per heavy atom. The largest absolute Gasteiger partial charge is 0.504 e. The number of rotatable bonds is 7. The lowest BCUT2D eigenvalue weighted by atomic mass is 9.90. The molecule has 1 aromatic carbocycles. The molecule has 2 amide bonds. The van der Waals surface area contributed by atoms with E-state index >= 15 is 0 Å². The topological polar surface area (TPSA) is 91.3 Å². The first-order chi connectivity index (χ1) is 15.9. The first kappa shape index (κ1) is 23.7. The van der Waals surface area contributed by atoms with Crippen LogP contribution in [0.3, 0.4) is 0 Å². The average molecular weight is 460 g/mol. The second-order valence-corrected chi connectivity index (χ2v) is 9.60.